The van der Waals surface area contributed by atoms with Crippen LogP contribution in [0.3, 0.4) is 0 Å². The number of aryl methyl sites for hydroxylation is 1. The zero-order valence-electron chi connectivity index (χ0n) is 20.4. The number of amides is 2. The van der Waals surface area contributed by atoms with E-state index >= 15 is 0 Å². The summed E-state index contributed by atoms with van der Waals surface area (Å²) in [6.45, 7) is 4.13. The van der Waals surface area contributed by atoms with Crippen molar-refractivity contribution in [2.45, 2.75) is 49.7 Å². The predicted molar refractivity (Wildman–Crippen MR) is 139 cm³/mol. The van der Waals surface area contributed by atoms with Crippen molar-refractivity contribution in [2.24, 2.45) is 0 Å². The third kappa shape index (κ3) is 5.50. The van der Waals surface area contributed by atoms with Gasteiger partial charge in [-0.15, -0.1) is 0 Å². The van der Waals surface area contributed by atoms with E-state index in [-0.39, 0.29) is 16.8 Å². The number of carbonyl (C=O) groups excluding carboxylic acids is 2. The molecule has 2 amide bonds. The first kappa shape index (κ1) is 25.6. The van der Waals surface area contributed by atoms with Crippen LogP contribution in [0, 0.1) is 6.92 Å². The van der Waals surface area contributed by atoms with E-state index in [1.54, 1.807) is 36.4 Å². The Labute approximate surface area is 212 Å². The molecule has 1 heterocycles. The van der Waals surface area contributed by atoms with Crippen LogP contribution >= 0.6 is 0 Å². The average molecular weight is 506 g/mol. The van der Waals surface area contributed by atoms with Gasteiger partial charge in [0, 0.05) is 0 Å². The van der Waals surface area contributed by atoms with Gasteiger partial charge in [0.2, 0.25) is 5.91 Å². The predicted octanol–water partition coefficient (Wildman–Crippen LogP) is 3.56. The number of carbonyl (C=O) groups is 2. The molecular formula is C28H31N3O4S. The van der Waals surface area contributed by atoms with E-state index in [1.807, 2.05) is 43.3 Å². The summed E-state index contributed by atoms with van der Waals surface area (Å²) >= 11 is 0. The van der Waals surface area contributed by atoms with E-state index in [0.717, 1.165) is 22.8 Å². The van der Waals surface area contributed by atoms with Crippen LogP contribution in [0.25, 0.3) is 0 Å². The molecule has 0 bridgehead atoms. The molecule has 4 rings (SSSR count). The lowest BCUT2D eigenvalue weighted by Gasteiger charge is -2.34. The zero-order chi connectivity index (χ0) is 25.7. The molecule has 0 spiro atoms. The van der Waals surface area contributed by atoms with E-state index in [1.165, 1.54) is 19.1 Å². The molecule has 2 N–H and O–H groups in total. The molecule has 1 saturated heterocycles. The molecule has 0 aliphatic carbocycles. The smallest absolute Gasteiger partial charge is 0.267 e. The molecule has 3 aromatic carbocycles. The van der Waals surface area contributed by atoms with Crippen molar-refractivity contribution in [3.8, 4) is 0 Å². The molecular weight excluding hydrogens is 474 g/mol. The fourth-order valence-corrected chi connectivity index (χ4v) is 6.04. The summed E-state index contributed by atoms with van der Waals surface area (Å²) in [5, 5.41) is 5.85. The fourth-order valence-electron chi connectivity index (χ4n) is 4.42. The molecule has 0 radical (unpaired) electrons. The molecule has 1 aliphatic rings. The summed E-state index contributed by atoms with van der Waals surface area (Å²) in [5.41, 5.74) is 2.19. The number of rotatable bonds is 8. The maximum atomic E-state index is 14.1. The number of nitrogens with zero attached hydrogens (tertiary/aromatic N) is 1. The second kappa shape index (κ2) is 11.1. The van der Waals surface area contributed by atoms with Gasteiger partial charge in [-0.3, -0.25) is 9.59 Å². The average Bonchev–Trinajstić information content (AvgIpc) is 3.43. The minimum absolute atomic E-state index is 0.00861. The maximum Gasteiger partial charge on any atom is 0.267 e. The SMILES string of the molecule is Cc1ccc(S(=O)(=O)N(C(=O)[C@@H](C)NC(=O)[C@@H]2CCCN2)C(c2ccccc2)c2ccccc2)cc1. The van der Waals surface area contributed by atoms with Crippen molar-refractivity contribution in [2.75, 3.05) is 6.54 Å². The second-order valence-electron chi connectivity index (χ2n) is 9.06. The van der Waals surface area contributed by atoms with Crippen LogP contribution in [-0.2, 0) is 19.6 Å². The molecule has 3 aromatic rings. The molecule has 1 fully saturated rings. The highest BCUT2D eigenvalue weighted by Crippen LogP contribution is 2.34. The Hall–Kier alpha value is -3.49. The van der Waals surface area contributed by atoms with Crippen molar-refractivity contribution < 1.29 is 18.0 Å². The summed E-state index contributed by atoms with van der Waals surface area (Å²) in [4.78, 5) is 26.7. The highest BCUT2D eigenvalue weighted by atomic mass is 32.2. The monoisotopic (exact) mass is 505 g/mol. The number of hydrogen-bond acceptors (Lipinski definition) is 5. The Balaban J connectivity index is 1.81. The van der Waals surface area contributed by atoms with Gasteiger partial charge < -0.3 is 10.6 Å². The number of sulfonamides is 1. The first-order valence-corrected chi connectivity index (χ1v) is 13.5. The van der Waals surface area contributed by atoms with Gasteiger partial charge in [-0.1, -0.05) is 78.4 Å². The molecule has 1 aliphatic heterocycles. The summed E-state index contributed by atoms with van der Waals surface area (Å²) in [7, 11) is -4.30. The maximum absolute atomic E-state index is 14.1. The minimum Gasteiger partial charge on any atom is -0.343 e. The summed E-state index contributed by atoms with van der Waals surface area (Å²) < 4.78 is 29.1. The van der Waals surface area contributed by atoms with E-state index in [0.29, 0.717) is 17.5 Å². The highest BCUT2D eigenvalue weighted by Gasteiger charge is 2.40. The van der Waals surface area contributed by atoms with E-state index in [9.17, 15) is 18.0 Å². The van der Waals surface area contributed by atoms with E-state index < -0.39 is 28.0 Å². The molecule has 0 saturated carbocycles. The molecule has 0 aromatic heterocycles. The molecule has 188 valence electrons. The number of benzene rings is 3. The Kier molecular flexibility index (Phi) is 7.86. The summed E-state index contributed by atoms with van der Waals surface area (Å²) in [6, 6.07) is 22.1. The van der Waals surface area contributed by atoms with Crippen molar-refractivity contribution in [1.82, 2.24) is 14.9 Å². The normalized spacial score (nSPS) is 16.5. The van der Waals surface area contributed by atoms with Gasteiger partial charge in [0.05, 0.1) is 17.0 Å². The van der Waals surface area contributed by atoms with Crippen LogP contribution in [0.4, 0.5) is 0 Å². The third-order valence-corrected chi connectivity index (χ3v) is 8.14. The zero-order valence-corrected chi connectivity index (χ0v) is 21.2. The van der Waals surface area contributed by atoms with Gasteiger partial charge in [0.25, 0.3) is 15.9 Å². The van der Waals surface area contributed by atoms with Crippen LogP contribution in [0.2, 0.25) is 0 Å². The lowest BCUT2D eigenvalue weighted by Crippen LogP contribution is -2.53. The van der Waals surface area contributed by atoms with Crippen LogP contribution in [-0.4, -0.2) is 43.2 Å². The Morgan fingerprint density at radius 2 is 1.47 bits per heavy atom. The van der Waals surface area contributed by atoms with Gasteiger partial charge in [-0.05, 0) is 56.5 Å². The van der Waals surface area contributed by atoms with Gasteiger partial charge in [0.15, 0.2) is 0 Å². The van der Waals surface area contributed by atoms with E-state index in [4.69, 9.17) is 0 Å². The fraction of sp³-hybridized carbons (Fsp3) is 0.286. The first-order chi connectivity index (χ1) is 17.3. The van der Waals surface area contributed by atoms with Crippen LogP contribution in [0.5, 0.6) is 0 Å². The Bertz CT molecular complexity index is 1250. The molecule has 0 unspecified atom stereocenters. The Morgan fingerprint density at radius 1 is 0.917 bits per heavy atom. The first-order valence-electron chi connectivity index (χ1n) is 12.1. The van der Waals surface area contributed by atoms with Crippen molar-refractivity contribution in [1.29, 1.82) is 0 Å². The van der Waals surface area contributed by atoms with Crippen molar-refractivity contribution in [3.05, 3.63) is 102 Å². The standard InChI is InChI=1S/C28H31N3O4S/c1-20-15-17-24(18-16-20)36(34,35)31(28(33)21(2)30-27(32)25-14-9-19-29-25)26(22-10-5-3-6-11-22)23-12-7-4-8-13-23/h3-8,10-13,15-18,21,25-26,29H,9,14,19H2,1-2H3,(H,30,32)/t21-,25+/m1/s1. The van der Waals surface area contributed by atoms with Crippen LogP contribution in [0.1, 0.15) is 42.5 Å². The van der Waals surface area contributed by atoms with Crippen LogP contribution < -0.4 is 10.6 Å². The third-order valence-electron chi connectivity index (χ3n) is 6.37. The number of hydrogen-bond donors (Lipinski definition) is 2. The largest absolute Gasteiger partial charge is 0.343 e. The van der Waals surface area contributed by atoms with E-state index in [2.05, 4.69) is 10.6 Å². The van der Waals surface area contributed by atoms with Crippen molar-refractivity contribution >= 4 is 21.8 Å². The quantitative estimate of drug-likeness (QED) is 0.488. The van der Waals surface area contributed by atoms with Gasteiger partial charge >= 0.3 is 0 Å². The lowest BCUT2D eigenvalue weighted by atomic mass is 9.98. The van der Waals surface area contributed by atoms with Gasteiger partial charge in [-0.2, -0.15) is 0 Å². The topological polar surface area (TPSA) is 95.6 Å². The molecule has 2 atom stereocenters. The highest BCUT2D eigenvalue weighted by molar-refractivity contribution is 7.89. The lowest BCUT2D eigenvalue weighted by molar-refractivity contribution is -0.133. The number of nitrogens with one attached hydrogen (secondary N) is 2. The second-order valence-corrected chi connectivity index (χ2v) is 10.9. The molecule has 36 heavy (non-hydrogen) atoms. The van der Waals surface area contributed by atoms with Gasteiger partial charge in [-0.25, -0.2) is 12.7 Å². The minimum atomic E-state index is -4.30. The molecule has 7 nitrogen and oxygen atoms in total. The summed E-state index contributed by atoms with van der Waals surface area (Å²) in [5.74, 6) is -1.02. The summed E-state index contributed by atoms with van der Waals surface area (Å²) in [6.07, 6.45) is 1.55. The van der Waals surface area contributed by atoms with Gasteiger partial charge in [0.1, 0.15) is 6.04 Å². The van der Waals surface area contributed by atoms with Crippen LogP contribution in [0.15, 0.2) is 89.8 Å². The van der Waals surface area contributed by atoms with Crippen molar-refractivity contribution in [3.63, 3.8) is 0 Å². The Morgan fingerprint density at radius 3 is 1.97 bits per heavy atom. The molecule has 8 heteroatoms.